The van der Waals surface area contributed by atoms with E-state index in [2.05, 4.69) is 6.08 Å². The average Bonchev–Trinajstić information content (AvgIpc) is 2.74. The highest BCUT2D eigenvalue weighted by atomic mass is 16.7. The summed E-state index contributed by atoms with van der Waals surface area (Å²) in [5, 5.41) is 0. The van der Waals surface area contributed by atoms with E-state index in [0.29, 0.717) is 5.92 Å². The van der Waals surface area contributed by atoms with Crippen LogP contribution in [0.25, 0.3) is 0 Å². The van der Waals surface area contributed by atoms with Crippen LogP contribution in [0.2, 0.25) is 0 Å². The molecule has 3 nitrogen and oxygen atoms in total. The highest BCUT2D eigenvalue weighted by Crippen LogP contribution is 2.50. The molecule has 0 heterocycles. The molecule has 2 aliphatic rings. The van der Waals surface area contributed by atoms with Gasteiger partial charge in [-0.25, -0.2) is 0 Å². The number of esters is 1. The molecule has 3 atom stereocenters. The molecule has 1 saturated carbocycles. The maximum Gasteiger partial charge on any atom is 0.318 e. The highest BCUT2D eigenvalue weighted by molar-refractivity contribution is 5.80. The number of hydrogen-bond acceptors (Lipinski definition) is 3. The molecule has 17 heavy (non-hydrogen) atoms. The van der Waals surface area contributed by atoms with Gasteiger partial charge in [0, 0.05) is 0 Å². The Morgan fingerprint density at radius 1 is 1.47 bits per heavy atom. The van der Waals surface area contributed by atoms with E-state index in [1.807, 2.05) is 26.8 Å². The summed E-state index contributed by atoms with van der Waals surface area (Å²) in [5.41, 5.74) is -0.638. The first-order valence-electron chi connectivity index (χ1n) is 6.39. The fourth-order valence-electron chi connectivity index (χ4n) is 2.79. The maximum atomic E-state index is 12.2. The van der Waals surface area contributed by atoms with Crippen molar-refractivity contribution in [1.82, 2.24) is 0 Å². The Labute approximate surface area is 103 Å². The van der Waals surface area contributed by atoms with Gasteiger partial charge in [-0.3, -0.25) is 4.79 Å². The molecule has 2 bridgehead atoms. The smallest absolute Gasteiger partial charge is 0.318 e. The molecular formula is C14H22O3. The lowest BCUT2D eigenvalue weighted by atomic mass is 9.88. The molecule has 0 aliphatic heterocycles. The standard InChI is InChI=1S/C14H22O3/c1-10(17-13(2,3)4)16-12(15)14-7-5-11(9-14)6-8-14/h5,7,10-11H,6,8-9H2,1-4H3. The molecule has 0 aromatic rings. The fraction of sp³-hybridized carbons (Fsp3) is 0.786. The second kappa shape index (κ2) is 4.13. The van der Waals surface area contributed by atoms with Crippen molar-refractivity contribution in [3.63, 3.8) is 0 Å². The molecule has 0 spiro atoms. The number of rotatable bonds is 3. The zero-order valence-electron chi connectivity index (χ0n) is 11.2. The van der Waals surface area contributed by atoms with Crippen LogP contribution in [0.15, 0.2) is 12.2 Å². The summed E-state index contributed by atoms with van der Waals surface area (Å²) in [5.74, 6) is 0.465. The molecule has 3 heteroatoms. The van der Waals surface area contributed by atoms with Crippen LogP contribution in [0.1, 0.15) is 47.0 Å². The Kier molecular flexibility index (Phi) is 3.06. The Bertz CT molecular complexity index is 340. The average molecular weight is 238 g/mol. The number of allylic oxidation sites excluding steroid dienone is 1. The number of fused-ring (bicyclic) bond motifs is 2. The van der Waals surface area contributed by atoms with Gasteiger partial charge in [-0.15, -0.1) is 0 Å². The lowest BCUT2D eigenvalue weighted by molar-refractivity contribution is -0.203. The number of carbonyl (C=O) groups excluding carboxylic acids is 1. The van der Waals surface area contributed by atoms with Crippen LogP contribution in [-0.4, -0.2) is 17.9 Å². The van der Waals surface area contributed by atoms with Gasteiger partial charge >= 0.3 is 5.97 Å². The summed E-state index contributed by atoms with van der Waals surface area (Å²) in [6, 6.07) is 0. The fourth-order valence-corrected chi connectivity index (χ4v) is 2.79. The minimum Gasteiger partial charge on any atom is -0.435 e. The topological polar surface area (TPSA) is 35.5 Å². The Morgan fingerprint density at radius 2 is 2.18 bits per heavy atom. The molecule has 0 saturated heterocycles. The molecule has 0 N–H and O–H groups in total. The molecule has 0 aromatic heterocycles. The van der Waals surface area contributed by atoms with Gasteiger partial charge < -0.3 is 9.47 Å². The van der Waals surface area contributed by atoms with E-state index in [4.69, 9.17) is 9.47 Å². The predicted octanol–water partition coefficient (Wildman–Crippen LogP) is 3.05. The summed E-state index contributed by atoms with van der Waals surface area (Å²) in [7, 11) is 0. The molecule has 0 aromatic carbocycles. The summed E-state index contributed by atoms with van der Waals surface area (Å²) < 4.78 is 11.0. The molecule has 2 aliphatic carbocycles. The molecule has 0 amide bonds. The van der Waals surface area contributed by atoms with E-state index in [1.54, 1.807) is 6.92 Å². The summed E-state index contributed by atoms with van der Waals surface area (Å²) in [6.07, 6.45) is 6.67. The van der Waals surface area contributed by atoms with Crippen molar-refractivity contribution in [3.8, 4) is 0 Å². The van der Waals surface area contributed by atoms with Crippen molar-refractivity contribution in [1.29, 1.82) is 0 Å². The monoisotopic (exact) mass is 238 g/mol. The van der Waals surface area contributed by atoms with Crippen LogP contribution in [0.4, 0.5) is 0 Å². The third kappa shape index (κ3) is 2.71. The Morgan fingerprint density at radius 3 is 2.59 bits per heavy atom. The van der Waals surface area contributed by atoms with E-state index in [0.717, 1.165) is 19.3 Å². The van der Waals surface area contributed by atoms with Gasteiger partial charge in [0.1, 0.15) is 0 Å². The Hall–Kier alpha value is -0.830. The first-order chi connectivity index (χ1) is 7.81. The SMILES string of the molecule is CC(OC(=O)C12C=CC(CC1)C2)OC(C)(C)C. The van der Waals surface area contributed by atoms with E-state index in [1.165, 1.54) is 0 Å². The van der Waals surface area contributed by atoms with Crippen molar-refractivity contribution < 1.29 is 14.3 Å². The molecule has 1 fully saturated rings. The summed E-state index contributed by atoms with van der Waals surface area (Å²) in [6.45, 7) is 7.65. The normalized spacial score (nSPS) is 32.8. The molecule has 96 valence electrons. The summed E-state index contributed by atoms with van der Waals surface area (Å²) >= 11 is 0. The summed E-state index contributed by atoms with van der Waals surface area (Å²) in [4.78, 5) is 12.2. The van der Waals surface area contributed by atoms with Crippen LogP contribution in [0, 0.1) is 11.3 Å². The first-order valence-corrected chi connectivity index (χ1v) is 6.39. The van der Waals surface area contributed by atoms with Crippen LogP contribution in [0.3, 0.4) is 0 Å². The van der Waals surface area contributed by atoms with Gasteiger partial charge in [0.05, 0.1) is 11.0 Å². The Balaban J connectivity index is 1.92. The minimum atomic E-state index is -0.482. The van der Waals surface area contributed by atoms with Gasteiger partial charge in [0.25, 0.3) is 0 Å². The van der Waals surface area contributed by atoms with E-state index < -0.39 is 6.29 Å². The second-order valence-electron chi connectivity index (χ2n) is 6.22. The first kappa shape index (κ1) is 12.6. The zero-order chi connectivity index (χ0) is 12.7. The molecule has 2 rings (SSSR count). The van der Waals surface area contributed by atoms with E-state index >= 15 is 0 Å². The van der Waals surface area contributed by atoms with Crippen molar-refractivity contribution in [2.75, 3.05) is 0 Å². The van der Waals surface area contributed by atoms with Gasteiger partial charge in [-0.1, -0.05) is 12.2 Å². The predicted molar refractivity (Wildman–Crippen MR) is 65.3 cm³/mol. The number of carbonyl (C=O) groups is 1. The second-order valence-corrected chi connectivity index (χ2v) is 6.22. The molecule has 0 radical (unpaired) electrons. The lowest BCUT2D eigenvalue weighted by Crippen LogP contribution is -2.34. The lowest BCUT2D eigenvalue weighted by Gasteiger charge is -2.28. The van der Waals surface area contributed by atoms with Crippen molar-refractivity contribution in [3.05, 3.63) is 12.2 Å². The van der Waals surface area contributed by atoms with Crippen LogP contribution < -0.4 is 0 Å². The van der Waals surface area contributed by atoms with Crippen molar-refractivity contribution in [2.45, 2.75) is 58.8 Å². The van der Waals surface area contributed by atoms with Gasteiger partial charge in [0.15, 0.2) is 0 Å². The van der Waals surface area contributed by atoms with E-state index in [-0.39, 0.29) is 17.0 Å². The van der Waals surface area contributed by atoms with Gasteiger partial charge in [0.2, 0.25) is 6.29 Å². The number of hydrogen-bond donors (Lipinski definition) is 0. The minimum absolute atomic E-state index is 0.120. The van der Waals surface area contributed by atoms with Crippen LogP contribution >= 0.6 is 0 Å². The highest BCUT2D eigenvalue weighted by Gasteiger charge is 2.48. The zero-order valence-corrected chi connectivity index (χ0v) is 11.2. The van der Waals surface area contributed by atoms with Gasteiger partial charge in [-0.05, 0) is 52.9 Å². The van der Waals surface area contributed by atoms with Crippen LogP contribution in [0.5, 0.6) is 0 Å². The van der Waals surface area contributed by atoms with Gasteiger partial charge in [-0.2, -0.15) is 0 Å². The van der Waals surface area contributed by atoms with E-state index in [9.17, 15) is 4.79 Å². The van der Waals surface area contributed by atoms with Crippen LogP contribution in [-0.2, 0) is 14.3 Å². The number of ether oxygens (including phenoxy) is 2. The molecular weight excluding hydrogens is 216 g/mol. The third-order valence-electron chi connectivity index (χ3n) is 3.47. The molecule has 3 unspecified atom stereocenters. The van der Waals surface area contributed by atoms with Crippen molar-refractivity contribution >= 4 is 5.97 Å². The third-order valence-corrected chi connectivity index (χ3v) is 3.47. The maximum absolute atomic E-state index is 12.2. The van der Waals surface area contributed by atoms with Crippen molar-refractivity contribution in [2.24, 2.45) is 11.3 Å². The quantitative estimate of drug-likeness (QED) is 0.430. The largest absolute Gasteiger partial charge is 0.435 e.